The van der Waals surface area contributed by atoms with Gasteiger partial charge in [0.2, 0.25) is 0 Å². The van der Waals surface area contributed by atoms with Gasteiger partial charge >= 0.3 is 0 Å². The van der Waals surface area contributed by atoms with Crippen LogP contribution in [0.4, 0.5) is 0 Å². The fourth-order valence-corrected chi connectivity index (χ4v) is 1.95. The van der Waals surface area contributed by atoms with Crippen molar-refractivity contribution in [3.63, 3.8) is 0 Å². The molecule has 0 atom stereocenters. The number of rotatable bonds is 2. The van der Waals surface area contributed by atoms with Gasteiger partial charge in [-0.05, 0) is 65.8 Å². The van der Waals surface area contributed by atoms with Crippen LogP contribution in [-0.2, 0) is 0 Å². The molecule has 0 aromatic heterocycles. The summed E-state index contributed by atoms with van der Waals surface area (Å²) in [7, 11) is 0. The molecule has 0 spiro atoms. The van der Waals surface area contributed by atoms with Gasteiger partial charge in [-0.1, -0.05) is 0 Å². The van der Waals surface area contributed by atoms with E-state index in [0.717, 1.165) is 38.1 Å². The van der Waals surface area contributed by atoms with E-state index < -0.39 is 5.60 Å². The van der Waals surface area contributed by atoms with E-state index in [1.807, 2.05) is 6.92 Å². The third kappa shape index (κ3) is 4.43. The SMILES string of the molecule is CC1(O)CCC(CNC(C)(C)C)CC1. The zero-order valence-corrected chi connectivity index (χ0v) is 10.1. The normalized spacial score (nSPS) is 34.5. The molecule has 2 heteroatoms. The van der Waals surface area contributed by atoms with Gasteiger partial charge in [-0.25, -0.2) is 0 Å². The zero-order chi connectivity index (χ0) is 10.8. The van der Waals surface area contributed by atoms with Gasteiger partial charge < -0.3 is 10.4 Å². The molecule has 1 saturated carbocycles. The second-order valence-corrected chi connectivity index (χ2v) is 6.07. The van der Waals surface area contributed by atoms with Crippen LogP contribution in [-0.4, -0.2) is 22.8 Å². The highest BCUT2D eigenvalue weighted by molar-refractivity contribution is 4.83. The molecule has 0 aliphatic heterocycles. The molecule has 2 nitrogen and oxygen atoms in total. The lowest BCUT2D eigenvalue weighted by Crippen LogP contribution is -2.41. The van der Waals surface area contributed by atoms with Crippen molar-refractivity contribution in [3.05, 3.63) is 0 Å². The topological polar surface area (TPSA) is 32.3 Å². The maximum absolute atomic E-state index is 9.80. The van der Waals surface area contributed by atoms with Crippen LogP contribution in [0.1, 0.15) is 53.4 Å². The van der Waals surface area contributed by atoms with Gasteiger partial charge in [0, 0.05) is 5.54 Å². The molecule has 0 heterocycles. The molecule has 84 valence electrons. The lowest BCUT2D eigenvalue weighted by atomic mass is 9.80. The van der Waals surface area contributed by atoms with Gasteiger partial charge in [-0.15, -0.1) is 0 Å². The predicted molar refractivity (Wildman–Crippen MR) is 60.3 cm³/mol. The minimum atomic E-state index is -0.391. The van der Waals surface area contributed by atoms with Crippen molar-refractivity contribution in [2.45, 2.75) is 64.5 Å². The average molecular weight is 199 g/mol. The van der Waals surface area contributed by atoms with E-state index in [0.29, 0.717) is 0 Å². The maximum Gasteiger partial charge on any atom is 0.0620 e. The van der Waals surface area contributed by atoms with Crippen LogP contribution in [0.2, 0.25) is 0 Å². The summed E-state index contributed by atoms with van der Waals surface area (Å²) in [5.74, 6) is 0.759. The molecule has 0 aromatic carbocycles. The Kier molecular flexibility index (Phi) is 3.59. The minimum Gasteiger partial charge on any atom is -0.390 e. The average Bonchev–Trinajstić information content (AvgIpc) is 2.01. The van der Waals surface area contributed by atoms with Gasteiger partial charge in [0.25, 0.3) is 0 Å². The Balaban J connectivity index is 2.23. The molecule has 0 unspecified atom stereocenters. The third-order valence-corrected chi connectivity index (χ3v) is 3.10. The smallest absolute Gasteiger partial charge is 0.0620 e. The zero-order valence-electron chi connectivity index (χ0n) is 10.1. The standard InChI is InChI=1S/C12H25NO/c1-11(2,3)13-9-10-5-7-12(4,14)8-6-10/h10,13-14H,5-9H2,1-4H3. The first-order valence-corrected chi connectivity index (χ1v) is 5.76. The summed E-state index contributed by atoms with van der Waals surface area (Å²) in [6.45, 7) is 9.66. The van der Waals surface area contributed by atoms with Gasteiger partial charge in [0.1, 0.15) is 0 Å². The molecule has 1 fully saturated rings. The molecule has 2 N–H and O–H groups in total. The fraction of sp³-hybridized carbons (Fsp3) is 1.00. The third-order valence-electron chi connectivity index (χ3n) is 3.10. The first-order chi connectivity index (χ1) is 6.29. The van der Waals surface area contributed by atoms with Crippen molar-refractivity contribution in [2.75, 3.05) is 6.54 Å². The lowest BCUT2D eigenvalue weighted by Gasteiger charge is -2.34. The Hall–Kier alpha value is -0.0800. The number of nitrogens with one attached hydrogen (secondary N) is 1. The number of hydrogen-bond donors (Lipinski definition) is 2. The first-order valence-electron chi connectivity index (χ1n) is 5.76. The van der Waals surface area contributed by atoms with E-state index in [-0.39, 0.29) is 5.54 Å². The van der Waals surface area contributed by atoms with Gasteiger partial charge in [-0.3, -0.25) is 0 Å². The van der Waals surface area contributed by atoms with Crippen LogP contribution in [0, 0.1) is 5.92 Å². The molecule has 0 aromatic rings. The molecule has 0 saturated heterocycles. The Morgan fingerprint density at radius 3 is 2.21 bits per heavy atom. The summed E-state index contributed by atoms with van der Waals surface area (Å²) >= 11 is 0. The van der Waals surface area contributed by atoms with E-state index in [9.17, 15) is 5.11 Å². The molecule has 0 radical (unpaired) electrons. The Morgan fingerprint density at radius 1 is 1.29 bits per heavy atom. The summed E-state index contributed by atoms with van der Waals surface area (Å²) < 4.78 is 0. The van der Waals surface area contributed by atoms with Gasteiger partial charge in [0.15, 0.2) is 0 Å². The van der Waals surface area contributed by atoms with Crippen molar-refractivity contribution < 1.29 is 5.11 Å². The van der Waals surface area contributed by atoms with E-state index >= 15 is 0 Å². The van der Waals surface area contributed by atoms with Crippen molar-refractivity contribution >= 4 is 0 Å². The van der Waals surface area contributed by atoms with Gasteiger partial charge in [0.05, 0.1) is 5.60 Å². The Labute approximate surface area is 88.1 Å². The minimum absolute atomic E-state index is 0.222. The molecular weight excluding hydrogens is 174 g/mol. The summed E-state index contributed by atoms with van der Waals surface area (Å²) in [5, 5.41) is 13.3. The molecule has 1 aliphatic carbocycles. The van der Waals surface area contributed by atoms with E-state index in [4.69, 9.17) is 0 Å². The van der Waals surface area contributed by atoms with Crippen LogP contribution in [0.15, 0.2) is 0 Å². The first kappa shape index (κ1) is 12.0. The second-order valence-electron chi connectivity index (χ2n) is 6.07. The van der Waals surface area contributed by atoms with E-state index in [1.54, 1.807) is 0 Å². The van der Waals surface area contributed by atoms with Crippen LogP contribution >= 0.6 is 0 Å². The highest BCUT2D eigenvalue weighted by Gasteiger charge is 2.28. The largest absolute Gasteiger partial charge is 0.390 e. The molecule has 0 amide bonds. The summed E-state index contributed by atoms with van der Waals surface area (Å²) in [4.78, 5) is 0. The molecule has 1 rings (SSSR count). The van der Waals surface area contributed by atoms with Crippen LogP contribution in [0.5, 0.6) is 0 Å². The Morgan fingerprint density at radius 2 is 1.79 bits per heavy atom. The molecule has 0 bridgehead atoms. The number of hydrogen-bond acceptors (Lipinski definition) is 2. The van der Waals surface area contributed by atoms with Crippen LogP contribution in [0.3, 0.4) is 0 Å². The fourth-order valence-electron chi connectivity index (χ4n) is 1.95. The van der Waals surface area contributed by atoms with E-state index in [1.165, 1.54) is 0 Å². The Bertz CT molecular complexity index is 171. The van der Waals surface area contributed by atoms with E-state index in [2.05, 4.69) is 26.1 Å². The van der Waals surface area contributed by atoms with Crippen molar-refractivity contribution in [1.82, 2.24) is 5.32 Å². The molecular formula is C12H25NO. The van der Waals surface area contributed by atoms with Crippen LogP contribution in [0.25, 0.3) is 0 Å². The van der Waals surface area contributed by atoms with Crippen molar-refractivity contribution in [1.29, 1.82) is 0 Å². The molecule has 14 heavy (non-hydrogen) atoms. The number of aliphatic hydroxyl groups is 1. The van der Waals surface area contributed by atoms with Crippen LogP contribution < -0.4 is 5.32 Å². The molecule has 1 aliphatic rings. The highest BCUT2D eigenvalue weighted by atomic mass is 16.3. The van der Waals surface area contributed by atoms with Gasteiger partial charge in [-0.2, -0.15) is 0 Å². The second kappa shape index (κ2) is 4.19. The quantitative estimate of drug-likeness (QED) is 0.715. The highest BCUT2D eigenvalue weighted by Crippen LogP contribution is 2.31. The predicted octanol–water partition coefficient (Wildman–Crippen LogP) is 2.32. The summed E-state index contributed by atoms with van der Waals surface area (Å²) in [6.07, 6.45) is 4.25. The summed E-state index contributed by atoms with van der Waals surface area (Å²) in [5.41, 5.74) is -0.168. The van der Waals surface area contributed by atoms with Crippen molar-refractivity contribution in [2.24, 2.45) is 5.92 Å². The monoisotopic (exact) mass is 199 g/mol. The maximum atomic E-state index is 9.80. The lowest BCUT2D eigenvalue weighted by molar-refractivity contribution is 0.00757. The van der Waals surface area contributed by atoms with Crippen molar-refractivity contribution in [3.8, 4) is 0 Å². The summed E-state index contributed by atoms with van der Waals surface area (Å²) in [6, 6.07) is 0.